The molecule has 0 aromatic heterocycles. The van der Waals surface area contributed by atoms with Gasteiger partial charge in [-0.1, -0.05) is 18.2 Å². The van der Waals surface area contributed by atoms with E-state index in [1.165, 1.54) is 47.4 Å². The van der Waals surface area contributed by atoms with Gasteiger partial charge >= 0.3 is 12.6 Å². The van der Waals surface area contributed by atoms with Crippen molar-refractivity contribution in [2.75, 3.05) is 4.90 Å². The fourth-order valence-corrected chi connectivity index (χ4v) is 2.85. The highest BCUT2D eigenvalue weighted by Crippen LogP contribution is 2.34. The summed E-state index contributed by atoms with van der Waals surface area (Å²) >= 11 is 0. The third-order valence-electron chi connectivity index (χ3n) is 4.14. The van der Waals surface area contributed by atoms with Crippen LogP contribution in [-0.4, -0.2) is 17.7 Å². The predicted octanol–water partition coefficient (Wildman–Crippen LogP) is 5.74. The number of carboxylic acid groups (broad SMARTS) is 1. The average molecular weight is 423 g/mol. The molecule has 0 saturated heterocycles. The summed E-state index contributed by atoms with van der Waals surface area (Å²) in [4.78, 5) is 12.5. The highest BCUT2D eigenvalue weighted by molar-refractivity contribution is 5.89. The molecule has 0 aliphatic carbocycles. The largest absolute Gasteiger partial charge is 0.478 e. The summed E-state index contributed by atoms with van der Waals surface area (Å²) in [6.45, 7) is -3.51. The zero-order chi connectivity index (χ0) is 21.8. The smallest absolute Gasteiger partial charge is 0.387 e. The molecule has 0 atom stereocenters. The van der Waals surface area contributed by atoms with E-state index in [4.69, 9.17) is 0 Å². The van der Waals surface area contributed by atoms with E-state index in [0.717, 1.165) is 0 Å². The van der Waals surface area contributed by atoms with E-state index in [1.807, 2.05) is 0 Å². The SMILES string of the molecule is O=C(O)c1cccc(N(Cc2cccc(F)c2)c2cc(F)c(OC(F)F)cc2F)c1. The standard InChI is InChI=1S/C21H14F5NO3/c22-14-5-1-3-12(7-14)11-27(15-6-2-4-13(8-15)20(28)29)18-9-17(24)19(10-16(18)23)30-21(25)26/h1-10,21H,11H2,(H,28,29). The molecule has 0 aliphatic rings. The van der Waals surface area contributed by atoms with E-state index >= 15 is 0 Å². The number of ether oxygens (including phenoxy) is 1. The van der Waals surface area contributed by atoms with E-state index in [9.17, 15) is 31.9 Å². The number of hydrogen-bond donors (Lipinski definition) is 1. The monoisotopic (exact) mass is 423 g/mol. The number of carboxylic acids is 1. The van der Waals surface area contributed by atoms with Gasteiger partial charge in [-0.25, -0.2) is 18.0 Å². The number of hydrogen-bond acceptors (Lipinski definition) is 3. The number of aromatic carboxylic acids is 1. The van der Waals surface area contributed by atoms with Crippen LogP contribution in [0.2, 0.25) is 0 Å². The second-order valence-corrected chi connectivity index (χ2v) is 6.18. The van der Waals surface area contributed by atoms with E-state index in [2.05, 4.69) is 4.74 Å². The van der Waals surface area contributed by atoms with Gasteiger partial charge in [0.25, 0.3) is 0 Å². The molecule has 0 unspecified atom stereocenters. The zero-order valence-electron chi connectivity index (χ0n) is 15.2. The molecule has 0 heterocycles. The van der Waals surface area contributed by atoms with Gasteiger partial charge < -0.3 is 14.7 Å². The Hall–Kier alpha value is -3.62. The molecule has 0 bridgehead atoms. The topological polar surface area (TPSA) is 49.8 Å². The summed E-state index contributed by atoms with van der Waals surface area (Å²) < 4.78 is 71.3. The quantitative estimate of drug-likeness (QED) is 0.493. The summed E-state index contributed by atoms with van der Waals surface area (Å²) in [6, 6.07) is 11.9. The van der Waals surface area contributed by atoms with Gasteiger partial charge in [-0.05, 0) is 35.9 Å². The van der Waals surface area contributed by atoms with Gasteiger partial charge in [0.1, 0.15) is 5.82 Å². The van der Waals surface area contributed by atoms with Gasteiger partial charge in [0.15, 0.2) is 17.4 Å². The minimum Gasteiger partial charge on any atom is -0.478 e. The Balaban J connectivity index is 2.11. The molecule has 156 valence electrons. The van der Waals surface area contributed by atoms with Gasteiger partial charge in [-0.2, -0.15) is 8.78 Å². The van der Waals surface area contributed by atoms with Crippen LogP contribution >= 0.6 is 0 Å². The second kappa shape index (κ2) is 8.81. The lowest BCUT2D eigenvalue weighted by Crippen LogP contribution is -2.19. The van der Waals surface area contributed by atoms with Crippen molar-refractivity contribution in [3.8, 4) is 5.75 Å². The molecule has 0 fully saturated rings. The van der Waals surface area contributed by atoms with Gasteiger partial charge in [-0.3, -0.25) is 0 Å². The molecule has 0 spiro atoms. The Kier molecular flexibility index (Phi) is 6.20. The lowest BCUT2D eigenvalue weighted by Gasteiger charge is -2.26. The number of nitrogens with zero attached hydrogens (tertiary/aromatic N) is 1. The highest BCUT2D eigenvalue weighted by atomic mass is 19.3. The molecule has 9 heteroatoms. The van der Waals surface area contributed by atoms with E-state index in [1.54, 1.807) is 6.07 Å². The van der Waals surface area contributed by atoms with Crippen molar-refractivity contribution in [3.63, 3.8) is 0 Å². The van der Waals surface area contributed by atoms with Crippen LogP contribution in [0.1, 0.15) is 15.9 Å². The number of halogens is 5. The zero-order valence-corrected chi connectivity index (χ0v) is 15.2. The van der Waals surface area contributed by atoms with E-state index in [-0.39, 0.29) is 23.5 Å². The van der Waals surface area contributed by atoms with E-state index in [0.29, 0.717) is 17.7 Å². The van der Waals surface area contributed by atoms with Gasteiger partial charge in [0, 0.05) is 24.4 Å². The Morgan fingerprint density at radius 1 is 0.967 bits per heavy atom. The molecular weight excluding hydrogens is 409 g/mol. The van der Waals surface area contributed by atoms with Crippen LogP contribution in [0, 0.1) is 17.5 Å². The summed E-state index contributed by atoms with van der Waals surface area (Å²) in [7, 11) is 0. The third kappa shape index (κ3) is 4.86. The number of rotatable bonds is 7. The summed E-state index contributed by atoms with van der Waals surface area (Å²) in [6.07, 6.45) is 0. The fourth-order valence-electron chi connectivity index (χ4n) is 2.85. The second-order valence-electron chi connectivity index (χ2n) is 6.18. The predicted molar refractivity (Wildman–Crippen MR) is 98.6 cm³/mol. The Labute approximate surface area is 167 Å². The maximum absolute atomic E-state index is 14.7. The first-order chi connectivity index (χ1) is 14.2. The van der Waals surface area contributed by atoms with Gasteiger partial charge in [0.2, 0.25) is 0 Å². The van der Waals surface area contributed by atoms with Crippen molar-refractivity contribution in [1.29, 1.82) is 0 Å². The molecule has 3 aromatic carbocycles. The van der Waals surface area contributed by atoms with Gasteiger partial charge in [0.05, 0.1) is 11.3 Å². The first-order valence-electron chi connectivity index (χ1n) is 8.54. The maximum atomic E-state index is 14.7. The number of alkyl halides is 2. The van der Waals surface area contributed by atoms with Crippen molar-refractivity contribution < 1.29 is 36.6 Å². The Morgan fingerprint density at radius 2 is 1.70 bits per heavy atom. The van der Waals surface area contributed by atoms with Crippen LogP contribution in [0.15, 0.2) is 60.7 Å². The lowest BCUT2D eigenvalue weighted by molar-refractivity contribution is -0.0523. The lowest BCUT2D eigenvalue weighted by atomic mass is 10.1. The molecule has 0 radical (unpaired) electrons. The van der Waals surface area contributed by atoms with Crippen molar-refractivity contribution in [2.45, 2.75) is 13.2 Å². The minimum atomic E-state index is -3.35. The van der Waals surface area contributed by atoms with Crippen molar-refractivity contribution in [1.82, 2.24) is 0 Å². The normalized spacial score (nSPS) is 10.9. The molecule has 0 aliphatic heterocycles. The summed E-state index contributed by atoms with van der Waals surface area (Å²) in [5, 5.41) is 9.22. The molecule has 4 nitrogen and oxygen atoms in total. The first kappa shape index (κ1) is 21.1. The van der Waals surface area contributed by atoms with Crippen LogP contribution in [0.25, 0.3) is 0 Å². The van der Waals surface area contributed by atoms with Crippen LogP contribution in [0.3, 0.4) is 0 Å². The minimum absolute atomic E-state index is 0.115. The molecule has 3 aromatic rings. The third-order valence-corrected chi connectivity index (χ3v) is 4.14. The highest BCUT2D eigenvalue weighted by Gasteiger charge is 2.21. The molecule has 3 rings (SSSR count). The summed E-state index contributed by atoms with van der Waals surface area (Å²) in [5.74, 6) is -5.11. The number of benzene rings is 3. The molecular formula is C21H14F5NO3. The van der Waals surface area contributed by atoms with E-state index < -0.39 is 35.8 Å². The van der Waals surface area contributed by atoms with Crippen LogP contribution < -0.4 is 9.64 Å². The molecule has 0 saturated carbocycles. The van der Waals surface area contributed by atoms with Crippen molar-refractivity contribution >= 4 is 17.3 Å². The molecule has 1 N–H and O–H groups in total. The van der Waals surface area contributed by atoms with Crippen LogP contribution in [0.4, 0.5) is 33.3 Å². The summed E-state index contributed by atoms with van der Waals surface area (Å²) in [5.41, 5.74) is 0.0552. The molecule has 30 heavy (non-hydrogen) atoms. The Morgan fingerprint density at radius 3 is 2.37 bits per heavy atom. The molecule has 0 amide bonds. The van der Waals surface area contributed by atoms with Crippen molar-refractivity contribution in [3.05, 3.63) is 89.2 Å². The average Bonchev–Trinajstić information content (AvgIpc) is 2.68. The van der Waals surface area contributed by atoms with Crippen molar-refractivity contribution in [2.24, 2.45) is 0 Å². The van der Waals surface area contributed by atoms with Gasteiger partial charge in [-0.15, -0.1) is 0 Å². The van der Waals surface area contributed by atoms with Crippen LogP contribution in [0.5, 0.6) is 5.75 Å². The Bertz CT molecular complexity index is 1070. The van der Waals surface area contributed by atoms with Crippen LogP contribution in [-0.2, 0) is 6.54 Å². The maximum Gasteiger partial charge on any atom is 0.387 e. The fraction of sp³-hybridized carbons (Fsp3) is 0.0952. The number of carbonyl (C=O) groups is 1. The first-order valence-corrected chi connectivity index (χ1v) is 8.54. The number of anilines is 2.